The summed E-state index contributed by atoms with van der Waals surface area (Å²) in [4.78, 5) is 23.2. The molecule has 1 aromatic carbocycles. The lowest BCUT2D eigenvalue weighted by Crippen LogP contribution is -2.87. The number of rotatable bonds is 6. The number of carbonyl (C=O) groups is 2. The van der Waals surface area contributed by atoms with Crippen molar-refractivity contribution >= 4 is 27.9 Å². The molecule has 120 valence electrons. The van der Waals surface area contributed by atoms with E-state index in [-0.39, 0.29) is 24.5 Å². The number of nitrogens with two attached hydrogens (primary N) is 1. The van der Waals surface area contributed by atoms with Crippen molar-refractivity contribution < 1.29 is 19.6 Å². The first kappa shape index (κ1) is 16.8. The van der Waals surface area contributed by atoms with E-state index in [4.69, 9.17) is 4.74 Å². The van der Waals surface area contributed by atoms with E-state index >= 15 is 0 Å². The highest BCUT2D eigenvalue weighted by Gasteiger charge is 2.24. The molecule has 4 N–H and O–H groups in total. The molecular weight excluding hydrogens is 350 g/mol. The van der Waals surface area contributed by atoms with Gasteiger partial charge in [-0.1, -0.05) is 0 Å². The van der Waals surface area contributed by atoms with Gasteiger partial charge in [-0.3, -0.25) is 10.1 Å². The minimum atomic E-state index is -0.402. The Kier molecular flexibility index (Phi) is 5.79. The predicted octanol–water partition coefficient (Wildman–Crippen LogP) is 1.07. The lowest BCUT2D eigenvalue weighted by Gasteiger charge is -2.12. The normalized spacial score (nSPS) is 15.0. The summed E-state index contributed by atoms with van der Waals surface area (Å²) >= 11 is 3.45. The molecule has 0 aliphatic heterocycles. The van der Waals surface area contributed by atoms with Crippen LogP contribution in [0.15, 0.2) is 22.7 Å². The fourth-order valence-electron chi connectivity index (χ4n) is 2.01. The van der Waals surface area contributed by atoms with Crippen LogP contribution in [-0.4, -0.2) is 31.6 Å². The van der Waals surface area contributed by atoms with Crippen LogP contribution in [0.5, 0.6) is 5.75 Å². The molecule has 6 nitrogen and oxygen atoms in total. The molecule has 1 saturated carbocycles. The van der Waals surface area contributed by atoms with E-state index in [0.29, 0.717) is 0 Å². The summed E-state index contributed by atoms with van der Waals surface area (Å²) in [7, 11) is 1.62. The van der Waals surface area contributed by atoms with Crippen LogP contribution in [0, 0.1) is 0 Å². The number of methoxy groups -OCH3 is 1. The molecule has 0 heterocycles. The molecule has 22 heavy (non-hydrogen) atoms. The SMILES string of the molecule is COc1ccc([C@@H](C)[NH2+]CC(=O)NC(=O)NC2CC2)cc1Br. The van der Waals surface area contributed by atoms with Gasteiger partial charge in [-0.2, -0.15) is 0 Å². The number of hydrogen-bond donors (Lipinski definition) is 3. The lowest BCUT2D eigenvalue weighted by molar-refractivity contribution is -0.682. The lowest BCUT2D eigenvalue weighted by atomic mass is 10.1. The second-order valence-corrected chi connectivity index (χ2v) is 6.27. The van der Waals surface area contributed by atoms with E-state index in [0.717, 1.165) is 28.6 Å². The van der Waals surface area contributed by atoms with Gasteiger partial charge in [-0.15, -0.1) is 0 Å². The van der Waals surface area contributed by atoms with Gasteiger partial charge in [-0.25, -0.2) is 4.79 Å². The third kappa shape index (κ3) is 4.99. The third-order valence-electron chi connectivity index (χ3n) is 3.52. The molecule has 1 aromatic rings. The monoisotopic (exact) mass is 370 g/mol. The standard InChI is InChI=1S/C15H20BrN3O3/c1-9(10-3-6-13(22-2)12(16)7-10)17-8-14(20)19-15(21)18-11-4-5-11/h3,6-7,9,11,17H,4-5,8H2,1-2H3,(H2,18,19,20,21)/p+1/t9-/m1/s1. The minimum Gasteiger partial charge on any atom is -0.496 e. The van der Waals surface area contributed by atoms with Gasteiger partial charge < -0.3 is 15.4 Å². The molecule has 3 amide bonds. The van der Waals surface area contributed by atoms with Gasteiger partial charge in [-0.05, 0) is 53.9 Å². The van der Waals surface area contributed by atoms with Gasteiger partial charge in [0.05, 0.1) is 11.6 Å². The minimum absolute atomic E-state index is 0.0967. The van der Waals surface area contributed by atoms with Crippen molar-refractivity contribution in [2.24, 2.45) is 0 Å². The molecule has 0 radical (unpaired) electrons. The van der Waals surface area contributed by atoms with E-state index in [1.54, 1.807) is 7.11 Å². The quantitative estimate of drug-likeness (QED) is 0.700. The average molecular weight is 371 g/mol. The number of urea groups is 1. The van der Waals surface area contributed by atoms with E-state index < -0.39 is 6.03 Å². The largest absolute Gasteiger partial charge is 0.496 e. The molecule has 1 atom stereocenters. The molecule has 1 aliphatic carbocycles. The van der Waals surface area contributed by atoms with E-state index in [1.807, 2.05) is 30.4 Å². The Morgan fingerprint density at radius 3 is 2.77 bits per heavy atom. The maximum absolute atomic E-state index is 11.7. The third-order valence-corrected chi connectivity index (χ3v) is 4.14. The molecule has 0 spiro atoms. The van der Waals surface area contributed by atoms with Gasteiger partial charge in [0.15, 0.2) is 6.54 Å². The molecule has 0 bridgehead atoms. The Morgan fingerprint density at radius 2 is 2.18 bits per heavy atom. The van der Waals surface area contributed by atoms with Crippen LogP contribution in [-0.2, 0) is 4.79 Å². The van der Waals surface area contributed by atoms with Crippen LogP contribution in [0.25, 0.3) is 0 Å². The zero-order chi connectivity index (χ0) is 16.1. The van der Waals surface area contributed by atoms with Crippen LogP contribution in [0.4, 0.5) is 4.79 Å². The molecule has 2 rings (SSSR count). The maximum Gasteiger partial charge on any atom is 0.321 e. The highest BCUT2D eigenvalue weighted by Crippen LogP contribution is 2.27. The van der Waals surface area contributed by atoms with Crippen molar-refractivity contribution in [3.05, 3.63) is 28.2 Å². The zero-order valence-electron chi connectivity index (χ0n) is 12.7. The maximum atomic E-state index is 11.7. The second kappa shape index (κ2) is 7.60. The molecule has 0 saturated heterocycles. The van der Waals surface area contributed by atoms with Gasteiger partial charge in [0.25, 0.3) is 5.91 Å². The fourth-order valence-corrected chi connectivity index (χ4v) is 2.57. The number of imide groups is 1. The van der Waals surface area contributed by atoms with Crippen LogP contribution in [0.2, 0.25) is 0 Å². The second-order valence-electron chi connectivity index (χ2n) is 5.42. The van der Waals surface area contributed by atoms with Crippen LogP contribution in [0.3, 0.4) is 0 Å². The van der Waals surface area contributed by atoms with Crippen molar-refractivity contribution in [3.8, 4) is 5.75 Å². The summed E-state index contributed by atoms with van der Waals surface area (Å²) < 4.78 is 6.07. The van der Waals surface area contributed by atoms with E-state index in [9.17, 15) is 9.59 Å². The topological polar surface area (TPSA) is 84.0 Å². The smallest absolute Gasteiger partial charge is 0.321 e. The van der Waals surface area contributed by atoms with Gasteiger partial charge in [0.1, 0.15) is 11.8 Å². The van der Waals surface area contributed by atoms with Crippen LogP contribution in [0.1, 0.15) is 31.4 Å². The molecule has 1 aliphatic rings. The predicted molar refractivity (Wildman–Crippen MR) is 85.6 cm³/mol. The van der Waals surface area contributed by atoms with Crippen molar-refractivity contribution in [3.63, 3.8) is 0 Å². The van der Waals surface area contributed by atoms with Crippen molar-refractivity contribution in [2.75, 3.05) is 13.7 Å². The highest BCUT2D eigenvalue weighted by atomic mass is 79.9. The summed E-state index contributed by atoms with van der Waals surface area (Å²) in [6, 6.07) is 5.75. The first-order chi connectivity index (χ1) is 10.5. The average Bonchev–Trinajstić information content (AvgIpc) is 3.28. The van der Waals surface area contributed by atoms with Crippen LogP contribution >= 0.6 is 15.9 Å². The van der Waals surface area contributed by atoms with E-state index in [1.165, 1.54) is 0 Å². The number of halogens is 1. The van der Waals surface area contributed by atoms with Crippen molar-refractivity contribution in [2.45, 2.75) is 31.8 Å². The summed E-state index contributed by atoms with van der Waals surface area (Å²) in [5.74, 6) is 0.475. The molecule has 1 fully saturated rings. The molecule has 0 aromatic heterocycles. The van der Waals surface area contributed by atoms with E-state index in [2.05, 4.69) is 26.6 Å². The number of nitrogens with one attached hydrogen (secondary N) is 2. The number of quaternary nitrogens is 1. The first-order valence-electron chi connectivity index (χ1n) is 7.26. The number of hydrogen-bond acceptors (Lipinski definition) is 3. The van der Waals surface area contributed by atoms with Gasteiger partial charge >= 0.3 is 6.03 Å². The number of benzene rings is 1. The zero-order valence-corrected chi connectivity index (χ0v) is 14.3. The Hall–Kier alpha value is -1.60. The van der Waals surface area contributed by atoms with Crippen LogP contribution < -0.4 is 20.7 Å². The molecule has 7 heteroatoms. The fraction of sp³-hybridized carbons (Fsp3) is 0.467. The van der Waals surface area contributed by atoms with Gasteiger partial charge in [0, 0.05) is 11.6 Å². The Balaban J connectivity index is 1.78. The summed E-state index contributed by atoms with van der Waals surface area (Å²) in [6.07, 6.45) is 1.99. The number of ether oxygens (including phenoxy) is 1. The van der Waals surface area contributed by atoms with Gasteiger partial charge in [0.2, 0.25) is 0 Å². The molecular formula is C15H21BrN3O3+. The first-order valence-corrected chi connectivity index (χ1v) is 8.06. The Morgan fingerprint density at radius 1 is 1.45 bits per heavy atom. The number of carbonyl (C=O) groups excluding carboxylic acids is 2. The summed E-state index contributed by atoms with van der Waals surface area (Å²) in [6.45, 7) is 2.20. The summed E-state index contributed by atoms with van der Waals surface area (Å²) in [5, 5.41) is 6.94. The number of amides is 3. The molecule has 0 unspecified atom stereocenters. The Bertz CT molecular complexity index is 561. The Labute approximate surface area is 138 Å². The van der Waals surface area contributed by atoms with Crippen molar-refractivity contribution in [1.82, 2.24) is 10.6 Å². The van der Waals surface area contributed by atoms with Crippen molar-refractivity contribution in [1.29, 1.82) is 0 Å². The summed E-state index contributed by atoms with van der Waals surface area (Å²) in [5.41, 5.74) is 1.07. The highest BCUT2D eigenvalue weighted by molar-refractivity contribution is 9.10.